The Morgan fingerprint density at radius 1 is 1.42 bits per heavy atom. The molecule has 4 nitrogen and oxygen atoms in total. The molecule has 74 valence electrons. The molecule has 0 heterocycles. The molecule has 1 atom stereocenters. The van der Waals surface area contributed by atoms with E-state index in [0.29, 0.717) is 13.2 Å². The van der Waals surface area contributed by atoms with Gasteiger partial charge in [0.2, 0.25) is 0 Å². The molecule has 0 saturated heterocycles. The molecular weight excluding hydrogens is 200 g/mol. The van der Waals surface area contributed by atoms with Crippen LogP contribution in [0.1, 0.15) is 20.8 Å². The van der Waals surface area contributed by atoms with Crippen LogP contribution in [-0.2, 0) is 13.6 Å². The van der Waals surface area contributed by atoms with Crippen LogP contribution in [0.15, 0.2) is 0 Å². The van der Waals surface area contributed by atoms with E-state index in [4.69, 9.17) is 17.3 Å². The summed E-state index contributed by atoms with van der Waals surface area (Å²) in [6, 6.07) is 0. The Balaban J connectivity index is 0. The Hall–Kier alpha value is 0.270. The van der Waals surface area contributed by atoms with Gasteiger partial charge in [-0.05, 0) is 20.8 Å². The molecular formula is C6H16ClNO3P+. The molecule has 0 aromatic rings. The summed E-state index contributed by atoms with van der Waals surface area (Å²) in [5.74, 6) is 0. The first-order valence-corrected chi connectivity index (χ1v) is 5.20. The molecule has 0 spiro atoms. The van der Waals surface area contributed by atoms with Crippen LogP contribution in [0.3, 0.4) is 0 Å². The van der Waals surface area contributed by atoms with Crippen molar-refractivity contribution >= 4 is 19.9 Å². The Kier molecular flexibility index (Phi) is 13.9. The van der Waals surface area contributed by atoms with E-state index in [0.717, 1.165) is 0 Å². The second kappa shape index (κ2) is 11.3. The first kappa shape index (κ1) is 14.8. The fraction of sp³-hybridized carbons (Fsp3) is 1.00. The lowest BCUT2D eigenvalue weighted by Gasteiger charge is -1.78. The zero-order valence-corrected chi connectivity index (χ0v) is 9.27. The van der Waals surface area contributed by atoms with Crippen molar-refractivity contribution in [3.8, 4) is 0 Å². The Morgan fingerprint density at radius 3 is 1.83 bits per heavy atom. The molecule has 0 rings (SSSR count). The van der Waals surface area contributed by atoms with Crippen LogP contribution in [0.2, 0.25) is 0 Å². The fourth-order valence-electron chi connectivity index (χ4n) is 0.248. The Bertz CT molecular complexity index is 102. The second-order valence-corrected chi connectivity index (χ2v) is 3.39. The van der Waals surface area contributed by atoms with Crippen LogP contribution in [0.5, 0.6) is 0 Å². The highest BCUT2D eigenvalue weighted by Crippen LogP contribution is 2.21. The largest absolute Gasteiger partial charge is 0.697 e. The van der Waals surface area contributed by atoms with Gasteiger partial charge in [-0.3, -0.25) is 0 Å². The van der Waals surface area contributed by atoms with Crippen LogP contribution in [0.25, 0.3) is 0 Å². The summed E-state index contributed by atoms with van der Waals surface area (Å²) in [6.45, 7) is 6.13. The molecule has 0 aliphatic rings. The fourth-order valence-corrected chi connectivity index (χ4v) is 0.744. The quantitative estimate of drug-likeness (QED) is 0.445. The number of alkyl halides is 1. The van der Waals surface area contributed by atoms with Gasteiger partial charge in [0.05, 0.1) is 5.50 Å². The van der Waals surface area contributed by atoms with Crippen molar-refractivity contribution in [1.82, 2.24) is 0 Å². The normalized spacial score (nSPS) is 11.4. The van der Waals surface area contributed by atoms with E-state index in [1.54, 1.807) is 20.8 Å². The minimum atomic E-state index is -1.83. The lowest BCUT2D eigenvalue weighted by molar-refractivity contribution is 0.243. The molecule has 12 heavy (non-hydrogen) atoms. The summed E-state index contributed by atoms with van der Waals surface area (Å²) in [7, 11) is -1.83. The van der Waals surface area contributed by atoms with Gasteiger partial charge in [-0.2, -0.15) is 0 Å². The molecule has 0 aromatic heterocycles. The van der Waals surface area contributed by atoms with Gasteiger partial charge in [-0.25, -0.2) is 0 Å². The van der Waals surface area contributed by atoms with Crippen molar-refractivity contribution < 1.29 is 13.6 Å². The van der Waals surface area contributed by atoms with Crippen molar-refractivity contribution in [1.29, 1.82) is 0 Å². The standard InChI is InChI=1S/C4H10O3P.C2H6ClN/c1-3-6-8(5)7-4-2;1-2(3)4/h3-4H2,1-2H3;2H,4H2,1H3/q+1;. The number of nitrogens with two attached hydrogens (primary N) is 1. The van der Waals surface area contributed by atoms with E-state index in [-0.39, 0.29) is 5.50 Å². The zero-order chi connectivity index (χ0) is 9.98. The predicted molar refractivity (Wildman–Crippen MR) is 50.4 cm³/mol. The Labute approximate surface area is 79.3 Å². The lowest BCUT2D eigenvalue weighted by Crippen LogP contribution is -2.03. The van der Waals surface area contributed by atoms with Crippen LogP contribution in [0.4, 0.5) is 0 Å². The molecule has 0 saturated carbocycles. The van der Waals surface area contributed by atoms with Gasteiger partial charge in [0, 0.05) is 4.57 Å². The van der Waals surface area contributed by atoms with Gasteiger partial charge in [0.15, 0.2) is 0 Å². The molecule has 0 aliphatic carbocycles. The molecule has 0 fully saturated rings. The maximum atomic E-state index is 10.3. The second-order valence-electron chi connectivity index (χ2n) is 1.74. The number of rotatable bonds is 4. The van der Waals surface area contributed by atoms with Crippen molar-refractivity contribution in [2.24, 2.45) is 5.73 Å². The van der Waals surface area contributed by atoms with Gasteiger partial charge in [0.25, 0.3) is 0 Å². The topological polar surface area (TPSA) is 61.5 Å². The summed E-state index contributed by atoms with van der Waals surface area (Å²) in [5.41, 5.74) is 4.68. The molecule has 2 N–H and O–H groups in total. The first-order valence-electron chi connectivity index (χ1n) is 3.67. The molecule has 6 heteroatoms. The monoisotopic (exact) mass is 216 g/mol. The van der Waals surface area contributed by atoms with Gasteiger partial charge in [-0.1, -0.05) is 0 Å². The lowest BCUT2D eigenvalue weighted by atomic mass is 10.8. The van der Waals surface area contributed by atoms with E-state index in [2.05, 4.69) is 9.05 Å². The van der Waals surface area contributed by atoms with E-state index in [9.17, 15) is 4.57 Å². The molecule has 0 radical (unpaired) electrons. The number of hydrogen-bond donors (Lipinski definition) is 1. The first-order chi connectivity index (χ1) is 5.54. The highest BCUT2D eigenvalue weighted by molar-refractivity contribution is 7.33. The summed E-state index contributed by atoms with van der Waals surface area (Å²) < 4.78 is 19.5. The maximum absolute atomic E-state index is 10.3. The number of hydrogen-bond acceptors (Lipinski definition) is 4. The Morgan fingerprint density at radius 2 is 1.67 bits per heavy atom. The third kappa shape index (κ3) is 22.4. The molecule has 0 bridgehead atoms. The average molecular weight is 217 g/mol. The molecule has 0 amide bonds. The van der Waals surface area contributed by atoms with Crippen LogP contribution in [-0.4, -0.2) is 18.7 Å². The van der Waals surface area contributed by atoms with Crippen LogP contribution >= 0.6 is 19.9 Å². The minimum absolute atomic E-state index is 0.194. The van der Waals surface area contributed by atoms with Gasteiger partial charge in [0.1, 0.15) is 13.2 Å². The minimum Gasteiger partial charge on any atom is -0.316 e. The highest BCUT2D eigenvalue weighted by Gasteiger charge is 2.15. The SMILES string of the molecule is CC(N)Cl.CCO[P+](=O)OCC. The molecule has 0 aliphatic heterocycles. The summed E-state index contributed by atoms with van der Waals surface area (Å²) in [4.78, 5) is 0. The maximum Gasteiger partial charge on any atom is 0.697 e. The summed E-state index contributed by atoms with van der Waals surface area (Å²) >= 11 is 5.05. The van der Waals surface area contributed by atoms with E-state index < -0.39 is 8.25 Å². The predicted octanol–water partition coefficient (Wildman–Crippen LogP) is 2.25. The third-order valence-electron chi connectivity index (χ3n) is 0.469. The highest BCUT2D eigenvalue weighted by atomic mass is 35.5. The molecule has 0 aromatic carbocycles. The van der Waals surface area contributed by atoms with Gasteiger partial charge in [-0.15, -0.1) is 20.6 Å². The van der Waals surface area contributed by atoms with E-state index >= 15 is 0 Å². The van der Waals surface area contributed by atoms with E-state index in [1.165, 1.54) is 0 Å². The van der Waals surface area contributed by atoms with Crippen LogP contribution in [0, 0.1) is 0 Å². The average Bonchev–Trinajstić information content (AvgIpc) is 1.87. The van der Waals surface area contributed by atoms with E-state index in [1.807, 2.05) is 0 Å². The van der Waals surface area contributed by atoms with Crippen molar-refractivity contribution in [3.05, 3.63) is 0 Å². The summed E-state index contributed by atoms with van der Waals surface area (Å²) in [5, 5.41) is 0. The smallest absolute Gasteiger partial charge is 0.316 e. The van der Waals surface area contributed by atoms with Crippen molar-refractivity contribution in [2.75, 3.05) is 13.2 Å². The summed E-state index contributed by atoms with van der Waals surface area (Å²) in [6.07, 6.45) is 0. The number of halogens is 1. The van der Waals surface area contributed by atoms with Crippen LogP contribution < -0.4 is 5.73 Å². The van der Waals surface area contributed by atoms with Gasteiger partial charge < -0.3 is 5.73 Å². The third-order valence-corrected chi connectivity index (χ3v) is 1.41. The van der Waals surface area contributed by atoms with Crippen molar-refractivity contribution in [2.45, 2.75) is 26.3 Å². The van der Waals surface area contributed by atoms with Crippen molar-refractivity contribution in [3.63, 3.8) is 0 Å². The van der Waals surface area contributed by atoms with Gasteiger partial charge >= 0.3 is 8.25 Å². The molecule has 1 unspecified atom stereocenters. The zero-order valence-electron chi connectivity index (χ0n) is 7.62.